The molecule has 0 fully saturated rings. The van der Waals surface area contributed by atoms with Crippen molar-refractivity contribution in [2.24, 2.45) is 0 Å². The number of hydrogen-bond acceptors (Lipinski definition) is 2. The Labute approximate surface area is 101 Å². The van der Waals surface area contributed by atoms with Gasteiger partial charge in [-0.2, -0.15) is 0 Å². The Hall–Kier alpha value is -1.55. The molecule has 3 N–H and O–H groups in total. The summed E-state index contributed by atoms with van der Waals surface area (Å²) in [5.74, 6) is -0.348. The normalized spacial score (nSPS) is 10.1. The van der Waals surface area contributed by atoms with Crippen molar-refractivity contribution in [1.82, 2.24) is 0 Å². The number of hydrogen-bond donors (Lipinski definition) is 2. The first-order chi connectivity index (χ1) is 7.63. The van der Waals surface area contributed by atoms with Crippen LogP contribution in [0.15, 0.2) is 46.9 Å². The molecule has 0 aliphatic carbocycles. The van der Waals surface area contributed by atoms with Crippen molar-refractivity contribution in [3.05, 3.63) is 52.8 Å². The third-order valence-electron chi connectivity index (χ3n) is 2.05. The predicted octanol–water partition coefficient (Wildman–Crippen LogP) is 3.91. The van der Waals surface area contributed by atoms with Gasteiger partial charge in [-0.25, -0.2) is 4.39 Å². The maximum Gasteiger partial charge on any atom is 0.127 e. The zero-order chi connectivity index (χ0) is 11.5. The van der Waals surface area contributed by atoms with E-state index >= 15 is 0 Å². The minimum atomic E-state index is -0.348. The number of nitrogens with two attached hydrogens (primary N) is 1. The number of halogens is 2. The van der Waals surface area contributed by atoms with Gasteiger partial charge in [-0.3, -0.25) is 0 Å². The van der Waals surface area contributed by atoms with Crippen molar-refractivity contribution in [2.45, 2.75) is 0 Å². The maximum atomic E-state index is 13.1. The standard InChI is InChI=1S/C12H10BrFN2/c13-8-1-3-11(4-2-8)16-12-6-9(14)5-10(15)7-12/h1-7,16H,15H2. The summed E-state index contributed by atoms with van der Waals surface area (Å²) in [4.78, 5) is 0. The molecule has 0 bridgehead atoms. The van der Waals surface area contributed by atoms with E-state index in [0.717, 1.165) is 10.2 Å². The minimum Gasteiger partial charge on any atom is -0.399 e. The number of nitrogens with one attached hydrogen (secondary N) is 1. The van der Waals surface area contributed by atoms with Gasteiger partial charge in [-0.15, -0.1) is 0 Å². The molecule has 0 aliphatic heterocycles. The highest BCUT2D eigenvalue weighted by Gasteiger charge is 1.99. The smallest absolute Gasteiger partial charge is 0.127 e. The van der Waals surface area contributed by atoms with Crippen LogP contribution in [0.2, 0.25) is 0 Å². The molecule has 2 aromatic carbocycles. The zero-order valence-electron chi connectivity index (χ0n) is 8.37. The second-order valence-electron chi connectivity index (χ2n) is 3.41. The van der Waals surface area contributed by atoms with Gasteiger partial charge < -0.3 is 11.1 Å². The molecule has 2 rings (SSSR count). The van der Waals surface area contributed by atoms with Crippen LogP contribution in [0.4, 0.5) is 21.5 Å². The molecular weight excluding hydrogens is 271 g/mol. The van der Waals surface area contributed by atoms with E-state index in [1.54, 1.807) is 6.07 Å². The average Bonchev–Trinajstić information content (AvgIpc) is 2.20. The number of nitrogen functional groups attached to an aromatic ring is 1. The van der Waals surface area contributed by atoms with Crippen LogP contribution in [0, 0.1) is 5.82 Å². The first-order valence-corrected chi connectivity index (χ1v) is 5.51. The van der Waals surface area contributed by atoms with Crippen LogP contribution < -0.4 is 11.1 Å². The van der Waals surface area contributed by atoms with Crippen LogP contribution in [0.5, 0.6) is 0 Å². The Bertz CT molecular complexity index is 477. The largest absolute Gasteiger partial charge is 0.399 e. The van der Waals surface area contributed by atoms with E-state index < -0.39 is 0 Å². The van der Waals surface area contributed by atoms with Gasteiger partial charge in [0.05, 0.1) is 0 Å². The van der Waals surface area contributed by atoms with Crippen molar-refractivity contribution < 1.29 is 4.39 Å². The van der Waals surface area contributed by atoms with Crippen LogP contribution >= 0.6 is 15.9 Å². The molecule has 16 heavy (non-hydrogen) atoms. The number of anilines is 3. The van der Waals surface area contributed by atoms with Crippen LogP contribution in [0.25, 0.3) is 0 Å². The third-order valence-corrected chi connectivity index (χ3v) is 2.58. The van der Waals surface area contributed by atoms with Crippen LogP contribution in [-0.2, 0) is 0 Å². The highest BCUT2D eigenvalue weighted by Crippen LogP contribution is 2.21. The first-order valence-electron chi connectivity index (χ1n) is 4.72. The van der Waals surface area contributed by atoms with Crippen molar-refractivity contribution in [3.8, 4) is 0 Å². The van der Waals surface area contributed by atoms with Gasteiger partial charge in [0.2, 0.25) is 0 Å². The predicted molar refractivity (Wildman–Crippen MR) is 68.2 cm³/mol. The summed E-state index contributed by atoms with van der Waals surface area (Å²) >= 11 is 3.35. The van der Waals surface area contributed by atoms with Gasteiger partial charge in [-0.05, 0) is 42.5 Å². The monoisotopic (exact) mass is 280 g/mol. The van der Waals surface area contributed by atoms with Gasteiger partial charge in [0.25, 0.3) is 0 Å². The molecule has 0 radical (unpaired) electrons. The Morgan fingerprint density at radius 2 is 1.69 bits per heavy atom. The van der Waals surface area contributed by atoms with Gasteiger partial charge in [0.15, 0.2) is 0 Å². The van der Waals surface area contributed by atoms with Gasteiger partial charge in [0, 0.05) is 21.5 Å². The molecule has 4 heteroatoms. The van der Waals surface area contributed by atoms with E-state index in [1.165, 1.54) is 12.1 Å². The highest BCUT2D eigenvalue weighted by molar-refractivity contribution is 9.10. The lowest BCUT2D eigenvalue weighted by Crippen LogP contribution is -1.93. The summed E-state index contributed by atoms with van der Waals surface area (Å²) in [6.45, 7) is 0. The van der Waals surface area contributed by atoms with Crippen molar-refractivity contribution >= 4 is 33.0 Å². The van der Waals surface area contributed by atoms with E-state index in [4.69, 9.17) is 5.73 Å². The summed E-state index contributed by atoms with van der Waals surface area (Å²) in [5.41, 5.74) is 7.47. The molecule has 0 heterocycles. The molecule has 0 amide bonds. The summed E-state index contributed by atoms with van der Waals surface area (Å²) in [5, 5.41) is 3.07. The molecule has 0 aliphatic rings. The minimum absolute atomic E-state index is 0.348. The van der Waals surface area contributed by atoms with Crippen LogP contribution in [0.1, 0.15) is 0 Å². The fourth-order valence-electron chi connectivity index (χ4n) is 1.38. The molecule has 0 spiro atoms. The molecule has 0 unspecified atom stereocenters. The Balaban J connectivity index is 2.23. The van der Waals surface area contributed by atoms with Gasteiger partial charge in [-0.1, -0.05) is 15.9 Å². The number of benzene rings is 2. The molecule has 0 saturated heterocycles. The lowest BCUT2D eigenvalue weighted by Gasteiger charge is -2.07. The SMILES string of the molecule is Nc1cc(F)cc(Nc2ccc(Br)cc2)c1. The van der Waals surface area contributed by atoms with Crippen molar-refractivity contribution in [1.29, 1.82) is 0 Å². The third kappa shape index (κ3) is 2.73. The van der Waals surface area contributed by atoms with Crippen molar-refractivity contribution in [2.75, 3.05) is 11.1 Å². The van der Waals surface area contributed by atoms with E-state index in [-0.39, 0.29) is 5.82 Å². The second-order valence-corrected chi connectivity index (χ2v) is 4.32. The fourth-order valence-corrected chi connectivity index (χ4v) is 1.65. The Kier molecular flexibility index (Phi) is 3.10. The number of rotatable bonds is 2. The highest BCUT2D eigenvalue weighted by atomic mass is 79.9. The molecule has 0 atom stereocenters. The summed E-state index contributed by atoms with van der Waals surface area (Å²) < 4.78 is 14.1. The quantitative estimate of drug-likeness (QED) is 0.819. The second kappa shape index (κ2) is 4.53. The Morgan fingerprint density at radius 1 is 1.00 bits per heavy atom. The van der Waals surface area contributed by atoms with E-state index in [9.17, 15) is 4.39 Å². The van der Waals surface area contributed by atoms with E-state index in [2.05, 4.69) is 21.2 Å². The van der Waals surface area contributed by atoms with Crippen LogP contribution in [-0.4, -0.2) is 0 Å². The molecule has 2 nitrogen and oxygen atoms in total. The topological polar surface area (TPSA) is 38.0 Å². The maximum absolute atomic E-state index is 13.1. The van der Waals surface area contributed by atoms with E-state index in [0.29, 0.717) is 11.4 Å². The summed E-state index contributed by atoms with van der Waals surface area (Å²) in [6, 6.07) is 12.0. The summed E-state index contributed by atoms with van der Waals surface area (Å²) in [7, 11) is 0. The summed E-state index contributed by atoms with van der Waals surface area (Å²) in [6.07, 6.45) is 0. The van der Waals surface area contributed by atoms with Crippen LogP contribution in [0.3, 0.4) is 0 Å². The van der Waals surface area contributed by atoms with Crippen molar-refractivity contribution in [3.63, 3.8) is 0 Å². The Morgan fingerprint density at radius 3 is 2.31 bits per heavy atom. The lowest BCUT2D eigenvalue weighted by atomic mass is 10.2. The fraction of sp³-hybridized carbons (Fsp3) is 0. The molecule has 0 aromatic heterocycles. The first kappa shape index (κ1) is 11.0. The molecule has 2 aromatic rings. The van der Waals surface area contributed by atoms with Gasteiger partial charge >= 0.3 is 0 Å². The average molecular weight is 281 g/mol. The lowest BCUT2D eigenvalue weighted by molar-refractivity contribution is 0.629. The molecule has 82 valence electrons. The van der Waals surface area contributed by atoms with Gasteiger partial charge in [0.1, 0.15) is 5.82 Å². The molecular formula is C12H10BrFN2. The molecule has 0 saturated carbocycles. The zero-order valence-corrected chi connectivity index (χ0v) is 9.96. The van der Waals surface area contributed by atoms with E-state index in [1.807, 2.05) is 24.3 Å².